The first kappa shape index (κ1) is 15.0. The lowest BCUT2D eigenvalue weighted by Crippen LogP contribution is -2.05. The number of carboxylic acid groups (broad SMARTS) is 1. The molecule has 0 bridgehead atoms. The van der Waals surface area contributed by atoms with E-state index in [1.165, 1.54) is 0 Å². The van der Waals surface area contributed by atoms with Crippen LogP contribution in [0.25, 0.3) is 0 Å². The maximum atomic E-state index is 10.7. The molecule has 0 aliphatic heterocycles. The number of carboxylic acids is 1. The highest BCUT2D eigenvalue weighted by molar-refractivity contribution is 9.10. The Hall–Kier alpha value is -1.03. The van der Waals surface area contributed by atoms with E-state index in [4.69, 9.17) is 9.84 Å². The molecule has 1 aromatic carbocycles. The average Bonchev–Trinajstić information content (AvgIpc) is 2.29. The highest BCUT2D eigenvalue weighted by Crippen LogP contribution is 2.37. The van der Waals surface area contributed by atoms with E-state index < -0.39 is 5.97 Å². The van der Waals surface area contributed by atoms with E-state index in [2.05, 4.69) is 35.8 Å². The van der Waals surface area contributed by atoms with Gasteiger partial charge >= 0.3 is 5.97 Å². The molecule has 1 aromatic rings. The topological polar surface area (TPSA) is 46.5 Å². The molecule has 0 atom stereocenters. The van der Waals surface area contributed by atoms with Gasteiger partial charge in [0.1, 0.15) is 5.75 Å². The first-order chi connectivity index (χ1) is 8.38. The van der Waals surface area contributed by atoms with E-state index in [1.807, 2.05) is 6.92 Å². The van der Waals surface area contributed by atoms with Crippen LogP contribution in [-0.4, -0.2) is 18.2 Å². The molecular weight excluding hydrogens is 296 g/mol. The number of benzene rings is 1. The van der Waals surface area contributed by atoms with Crippen LogP contribution in [0.4, 0.5) is 0 Å². The minimum absolute atomic E-state index is 0.116. The minimum Gasteiger partial charge on any atom is -0.496 e. The molecule has 3 nitrogen and oxygen atoms in total. The molecule has 0 saturated carbocycles. The predicted octanol–water partition coefficient (Wildman–Crippen LogP) is 3.91. The summed E-state index contributed by atoms with van der Waals surface area (Å²) in [6.45, 7) is 6.18. The summed E-state index contributed by atoms with van der Waals surface area (Å²) >= 11 is 3.53. The van der Waals surface area contributed by atoms with Crippen LogP contribution in [0.2, 0.25) is 0 Å². The van der Waals surface area contributed by atoms with Crippen molar-refractivity contribution in [2.24, 2.45) is 0 Å². The van der Waals surface area contributed by atoms with Crippen LogP contribution in [-0.2, 0) is 11.2 Å². The zero-order valence-electron chi connectivity index (χ0n) is 11.2. The van der Waals surface area contributed by atoms with Crippen molar-refractivity contribution >= 4 is 21.9 Å². The first-order valence-corrected chi connectivity index (χ1v) is 6.75. The summed E-state index contributed by atoms with van der Waals surface area (Å²) in [5.74, 6) is 0.370. The van der Waals surface area contributed by atoms with Gasteiger partial charge in [-0.05, 0) is 42.0 Å². The monoisotopic (exact) mass is 314 g/mol. The molecule has 0 amide bonds. The fourth-order valence-electron chi connectivity index (χ4n) is 2.00. The Labute approximate surface area is 116 Å². The molecule has 0 unspecified atom stereocenters. The SMILES string of the molecule is COc1c(C(C)C)cc(Br)c(C)c1CCC(=O)O. The molecule has 18 heavy (non-hydrogen) atoms. The van der Waals surface area contributed by atoms with Gasteiger partial charge in [0.25, 0.3) is 0 Å². The lowest BCUT2D eigenvalue weighted by molar-refractivity contribution is -0.136. The molecule has 100 valence electrons. The molecule has 1 N–H and O–H groups in total. The number of ether oxygens (including phenoxy) is 1. The molecular formula is C14H19BrO3. The zero-order chi connectivity index (χ0) is 13.9. The van der Waals surface area contributed by atoms with Crippen LogP contribution < -0.4 is 4.74 Å². The molecule has 0 aromatic heterocycles. The van der Waals surface area contributed by atoms with Gasteiger partial charge in [-0.3, -0.25) is 4.79 Å². The third-order valence-electron chi connectivity index (χ3n) is 3.04. The van der Waals surface area contributed by atoms with Crippen molar-refractivity contribution in [1.29, 1.82) is 0 Å². The second kappa shape index (κ2) is 6.23. The fraction of sp³-hybridized carbons (Fsp3) is 0.500. The molecule has 0 radical (unpaired) electrons. The van der Waals surface area contributed by atoms with E-state index in [0.717, 1.165) is 26.9 Å². The third kappa shape index (κ3) is 3.25. The molecule has 0 spiro atoms. The summed E-state index contributed by atoms with van der Waals surface area (Å²) in [5, 5.41) is 8.82. The van der Waals surface area contributed by atoms with Crippen molar-refractivity contribution in [3.63, 3.8) is 0 Å². The third-order valence-corrected chi connectivity index (χ3v) is 3.87. The highest BCUT2D eigenvalue weighted by Gasteiger charge is 2.17. The number of rotatable bonds is 5. The number of hydrogen-bond acceptors (Lipinski definition) is 2. The van der Waals surface area contributed by atoms with Gasteiger partial charge in [0.15, 0.2) is 0 Å². The number of hydrogen-bond donors (Lipinski definition) is 1. The van der Waals surface area contributed by atoms with Gasteiger partial charge in [0, 0.05) is 10.9 Å². The van der Waals surface area contributed by atoms with Crippen LogP contribution in [0.5, 0.6) is 5.75 Å². The van der Waals surface area contributed by atoms with E-state index in [0.29, 0.717) is 12.3 Å². The van der Waals surface area contributed by atoms with E-state index >= 15 is 0 Å². The van der Waals surface area contributed by atoms with E-state index in [9.17, 15) is 4.79 Å². The van der Waals surface area contributed by atoms with E-state index in [-0.39, 0.29) is 6.42 Å². The molecule has 0 aliphatic carbocycles. The summed E-state index contributed by atoms with van der Waals surface area (Å²) in [6.07, 6.45) is 0.606. The van der Waals surface area contributed by atoms with Crippen LogP contribution in [0.3, 0.4) is 0 Å². The number of aliphatic carboxylic acids is 1. The standard InChI is InChI=1S/C14H19BrO3/c1-8(2)11-7-12(15)9(3)10(14(11)18-4)5-6-13(16)17/h7-8H,5-6H2,1-4H3,(H,16,17). The van der Waals surface area contributed by atoms with Gasteiger partial charge in [-0.25, -0.2) is 0 Å². The zero-order valence-corrected chi connectivity index (χ0v) is 12.8. The maximum Gasteiger partial charge on any atom is 0.303 e. The lowest BCUT2D eigenvalue weighted by Gasteiger charge is -2.19. The van der Waals surface area contributed by atoms with Gasteiger partial charge in [-0.2, -0.15) is 0 Å². The first-order valence-electron chi connectivity index (χ1n) is 5.96. The van der Waals surface area contributed by atoms with Gasteiger partial charge in [0.05, 0.1) is 7.11 Å². The summed E-state index contributed by atoms with van der Waals surface area (Å²) in [6, 6.07) is 2.06. The second-order valence-corrected chi connectivity index (χ2v) is 5.49. The molecule has 1 rings (SSSR count). The Morgan fingerprint density at radius 1 is 1.50 bits per heavy atom. The molecule has 0 aliphatic rings. The maximum absolute atomic E-state index is 10.7. The fourth-order valence-corrected chi connectivity index (χ4v) is 2.49. The number of methoxy groups -OCH3 is 1. The van der Waals surface area contributed by atoms with Gasteiger partial charge in [0.2, 0.25) is 0 Å². The Morgan fingerprint density at radius 3 is 2.56 bits per heavy atom. The van der Waals surface area contributed by atoms with Crippen molar-refractivity contribution < 1.29 is 14.6 Å². The van der Waals surface area contributed by atoms with Crippen molar-refractivity contribution in [3.05, 3.63) is 27.2 Å². The van der Waals surface area contributed by atoms with Crippen LogP contribution in [0.1, 0.15) is 42.9 Å². The molecule has 0 saturated heterocycles. The van der Waals surface area contributed by atoms with Crippen molar-refractivity contribution in [1.82, 2.24) is 0 Å². The van der Waals surface area contributed by atoms with Gasteiger partial charge in [-0.15, -0.1) is 0 Å². The summed E-state index contributed by atoms with van der Waals surface area (Å²) < 4.78 is 6.50. The smallest absolute Gasteiger partial charge is 0.303 e. The Kier molecular flexibility index (Phi) is 5.20. The lowest BCUT2D eigenvalue weighted by atomic mass is 9.93. The molecule has 4 heteroatoms. The van der Waals surface area contributed by atoms with Gasteiger partial charge < -0.3 is 9.84 Å². The number of carbonyl (C=O) groups is 1. The number of halogens is 1. The predicted molar refractivity (Wildman–Crippen MR) is 75.5 cm³/mol. The Morgan fingerprint density at radius 2 is 2.11 bits per heavy atom. The molecule has 0 heterocycles. The van der Waals surface area contributed by atoms with Crippen LogP contribution >= 0.6 is 15.9 Å². The summed E-state index contributed by atoms with van der Waals surface area (Å²) in [5.41, 5.74) is 3.14. The average molecular weight is 315 g/mol. The quantitative estimate of drug-likeness (QED) is 0.896. The van der Waals surface area contributed by atoms with Crippen LogP contribution in [0, 0.1) is 6.92 Å². The second-order valence-electron chi connectivity index (χ2n) is 4.63. The summed E-state index contributed by atoms with van der Waals surface area (Å²) in [7, 11) is 1.64. The minimum atomic E-state index is -0.789. The summed E-state index contributed by atoms with van der Waals surface area (Å²) in [4.78, 5) is 10.7. The Bertz CT molecular complexity index is 453. The van der Waals surface area contributed by atoms with Crippen LogP contribution in [0.15, 0.2) is 10.5 Å². The van der Waals surface area contributed by atoms with Gasteiger partial charge in [-0.1, -0.05) is 29.8 Å². The van der Waals surface area contributed by atoms with Crippen molar-refractivity contribution in [2.45, 2.75) is 39.5 Å². The molecule has 0 fully saturated rings. The van der Waals surface area contributed by atoms with Crippen molar-refractivity contribution in [3.8, 4) is 5.75 Å². The Balaban J connectivity index is 3.31. The van der Waals surface area contributed by atoms with E-state index in [1.54, 1.807) is 7.11 Å². The largest absolute Gasteiger partial charge is 0.496 e. The van der Waals surface area contributed by atoms with Crippen molar-refractivity contribution in [2.75, 3.05) is 7.11 Å². The normalized spacial score (nSPS) is 10.8. The highest BCUT2D eigenvalue weighted by atomic mass is 79.9.